The molecule has 0 fully saturated rings. The average molecular weight is 320 g/mol. The lowest BCUT2D eigenvalue weighted by atomic mass is 9.90. The molecule has 0 radical (unpaired) electrons. The first-order valence-electron chi connectivity index (χ1n) is 4.16. The molecule has 0 aliphatic carbocycles. The number of aliphatic hydroxyl groups excluding tert-OH is 1. The Bertz CT molecular complexity index is 253. The zero-order valence-electron chi connectivity index (χ0n) is 8.41. The van der Waals surface area contributed by atoms with Crippen molar-refractivity contribution in [3.63, 3.8) is 0 Å². The number of alkyl halides is 1. The molecule has 0 heterocycles. The molecule has 0 aliphatic heterocycles. The van der Waals surface area contributed by atoms with Crippen molar-refractivity contribution in [2.75, 3.05) is 5.75 Å². The quantitative estimate of drug-likeness (QED) is 0.635. The number of aliphatic hydroxyl groups is 1. The van der Waals surface area contributed by atoms with E-state index in [4.69, 9.17) is 0 Å². The fraction of sp³-hybridized carbons (Fsp3) is 1.00. The molecule has 0 saturated carbocycles. The molecule has 5 heteroatoms. The summed E-state index contributed by atoms with van der Waals surface area (Å²) >= 11 is 1.80. The third-order valence-corrected chi connectivity index (χ3v) is 6.64. The summed E-state index contributed by atoms with van der Waals surface area (Å²) in [6.45, 7) is 7.08. The van der Waals surface area contributed by atoms with Crippen LogP contribution in [0.5, 0.6) is 0 Å². The molecule has 0 bridgehead atoms. The Morgan fingerprint density at radius 2 is 1.77 bits per heavy atom. The lowest BCUT2D eigenvalue weighted by Crippen LogP contribution is -2.39. The maximum atomic E-state index is 11.4. The maximum Gasteiger partial charge on any atom is 0.164 e. The Kier molecular flexibility index (Phi) is 4.66. The summed E-state index contributed by atoms with van der Waals surface area (Å²) in [5.74, 6) is 0.0771. The zero-order valence-corrected chi connectivity index (χ0v) is 11.4. The van der Waals surface area contributed by atoms with Gasteiger partial charge in [0.1, 0.15) is 3.26 Å². The van der Waals surface area contributed by atoms with Crippen molar-refractivity contribution in [3.8, 4) is 0 Å². The molecule has 0 spiro atoms. The molecule has 0 unspecified atom stereocenters. The Hall–Kier alpha value is 0.640. The normalized spacial score (nSPS) is 18.3. The predicted octanol–water partition coefficient (Wildman–Crippen LogP) is 1.59. The van der Waals surface area contributed by atoms with E-state index in [0.29, 0.717) is 0 Å². The van der Waals surface area contributed by atoms with E-state index in [0.717, 1.165) is 0 Å². The molecule has 80 valence electrons. The molecule has 0 aromatic carbocycles. The second-order valence-corrected chi connectivity index (χ2v) is 8.71. The fourth-order valence-electron chi connectivity index (χ4n) is 0.749. The third-order valence-electron chi connectivity index (χ3n) is 1.88. The van der Waals surface area contributed by atoms with Crippen LogP contribution in [0.3, 0.4) is 0 Å². The van der Waals surface area contributed by atoms with Gasteiger partial charge in [0.15, 0.2) is 9.84 Å². The van der Waals surface area contributed by atoms with Gasteiger partial charge in [0, 0.05) is 5.75 Å². The van der Waals surface area contributed by atoms with Gasteiger partial charge in [0.2, 0.25) is 0 Å². The monoisotopic (exact) mass is 320 g/mol. The lowest BCUT2D eigenvalue weighted by molar-refractivity contribution is 0.0789. The summed E-state index contributed by atoms with van der Waals surface area (Å²) in [5.41, 5.74) is -0.395. The largest absolute Gasteiger partial charge is 0.390 e. The molecule has 0 amide bonds. The van der Waals surface area contributed by atoms with Gasteiger partial charge in [-0.2, -0.15) is 0 Å². The molecule has 0 rings (SSSR count). The van der Waals surface area contributed by atoms with Gasteiger partial charge in [-0.1, -0.05) is 50.3 Å². The van der Waals surface area contributed by atoms with E-state index in [9.17, 15) is 13.5 Å². The molecule has 0 aromatic rings. The highest BCUT2D eigenvalue weighted by Crippen LogP contribution is 2.29. The Balaban J connectivity index is 4.73. The fourth-order valence-corrected chi connectivity index (χ4v) is 4.03. The van der Waals surface area contributed by atoms with Gasteiger partial charge in [0.25, 0.3) is 0 Å². The molecule has 0 aliphatic rings. The van der Waals surface area contributed by atoms with E-state index >= 15 is 0 Å². The Labute approximate surface area is 94.0 Å². The minimum atomic E-state index is -3.14. The Morgan fingerprint density at radius 1 is 1.38 bits per heavy atom. The van der Waals surface area contributed by atoms with Crippen LogP contribution in [0.25, 0.3) is 0 Å². The smallest absolute Gasteiger partial charge is 0.164 e. The van der Waals surface area contributed by atoms with Gasteiger partial charge in [0.05, 0.1) is 6.10 Å². The minimum Gasteiger partial charge on any atom is -0.390 e. The molecule has 1 N–H and O–H groups in total. The molecular weight excluding hydrogens is 303 g/mol. The van der Waals surface area contributed by atoms with Gasteiger partial charge in [-0.3, -0.25) is 0 Å². The highest BCUT2D eigenvalue weighted by molar-refractivity contribution is 14.1. The SMILES string of the molecule is CCS(=O)(=O)[C@H](I)[C@@H](O)C(C)(C)C. The topological polar surface area (TPSA) is 54.4 Å². The molecule has 0 saturated heterocycles. The van der Waals surface area contributed by atoms with Gasteiger partial charge in [-0.15, -0.1) is 0 Å². The van der Waals surface area contributed by atoms with Crippen LogP contribution >= 0.6 is 22.6 Å². The van der Waals surface area contributed by atoms with Crippen molar-refractivity contribution in [2.45, 2.75) is 37.1 Å². The molecule has 0 aromatic heterocycles. The number of halogens is 1. The number of sulfone groups is 1. The first-order chi connectivity index (χ1) is 5.63. The lowest BCUT2D eigenvalue weighted by Gasteiger charge is -2.29. The van der Waals surface area contributed by atoms with Gasteiger partial charge < -0.3 is 5.11 Å². The Morgan fingerprint density at radius 3 is 2.00 bits per heavy atom. The number of rotatable bonds is 3. The average Bonchev–Trinajstić information content (AvgIpc) is 2.00. The highest BCUT2D eigenvalue weighted by atomic mass is 127. The summed E-state index contributed by atoms with van der Waals surface area (Å²) in [4.78, 5) is 0. The summed E-state index contributed by atoms with van der Waals surface area (Å²) in [6.07, 6.45) is -0.821. The highest BCUT2D eigenvalue weighted by Gasteiger charge is 2.35. The van der Waals surface area contributed by atoms with Gasteiger partial charge in [-0.05, 0) is 5.41 Å². The van der Waals surface area contributed by atoms with Crippen molar-refractivity contribution in [3.05, 3.63) is 0 Å². The van der Waals surface area contributed by atoms with Crippen molar-refractivity contribution in [1.29, 1.82) is 0 Å². The van der Waals surface area contributed by atoms with E-state index in [1.807, 2.05) is 20.8 Å². The molecular formula is C8H17IO3S. The van der Waals surface area contributed by atoms with E-state index in [-0.39, 0.29) is 5.75 Å². The van der Waals surface area contributed by atoms with Crippen LogP contribution in [-0.2, 0) is 9.84 Å². The molecule has 3 nitrogen and oxygen atoms in total. The predicted molar refractivity (Wildman–Crippen MR) is 62.7 cm³/mol. The third kappa shape index (κ3) is 3.71. The van der Waals surface area contributed by atoms with Gasteiger partial charge in [-0.25, -0.2) is 8.42 Å². The molecule has 13 heavy (non-hydrogen) atoms. The summed E-state index contributed by atoms with van der Waals surface area (Å²) in [7, 11) is -3.14. The maximum absolute atomic E-state index is 11.4. The van der Waals surface area contributed by atoms with E-state index in [1.165, 1.54) is 0 Å². The van der Waals surface area contributed by atoms with Crippen LogP contribution in [-0.4, -0.2) is 28.6 Å². The van der Waals surface area contributed by atoms with Crippen LogP contribution in [0.4, 0.5) is 0 Å². The summed E-state index contributed by atoms with van der Waals surface area (Å²) < 4.78 is 22.1. The first kappa shape index (κ1) is 13.6. The van der Waals surface area contributed by atoms with Gasteiger partial charge >= 0.3 is 0 Å². The van der Waals surface area contributed by atoms with E-state index < -0.39 is 24.6 Å². The second kappa shape index (κ2) is 4.44. The van der Waals surface area contributed by atoms with Crippen LogP contribution in [0.1, 0.15) is 27.7 Å². The zero-order chi connectivity index (χ0) is 10.9. The van der Waals surface area contributed by atoms with E-state index in [1.54, 1.807) is 29.5 Å². The van der Waals surface area contributed by atoms with E-state index in [2.05, 4.69) is 0 Å². The standard InChI is InChI=1S/C8H17IO3S/c1-5-13(11,12)7(9)6(10)8(2,3)4/h6-7,10H,5H2,1-4H3/t6-,7+/m1/s1. The van der Waals surface area contributed by atoms with Crippen molar-refractivity contribution in [2.24, 2.45) is 5.41 Å². The summed E-state index contributed by atoms with van der Waals surface area (Å²) in [5, 5.41) is 9.73. The number of hydrogen-bond acceptors (Lipinski definition) is 3. The van der Waals surface area contributed by atoms with Crippen LogP contribution in [0.15, 0.2) is 0 Å². The van der Waals surface area contributed by atoms with Crippen molar-refractivity contribution in [1.82, 2.24) is 0 Å². The van der Waals surface area contributed by atoms with Crippen LogP contribution < -0.4 is 0 Å². The second-order valence-electron chi connectivity index (χ2n) is 4.11. The minimum absolute atomic E-state index is 0.0771. The van der Waals surface area contributed by atoms with Crippen LogP contribution in [0.2, 0.25) is 0 Å². The first-order valence-corrected chi connectivity index (χ1v) is 7.12. The summed E-state index contributed by atoms with van der Waals surface area (Å²) in [6, 6.07) is 0. The van der Waals surface area contributed by atoms with Crippen molar-refractivity contribution >= 4 is 32.4 Å². The van der Waals surface area contributed by atoms with Crippen molar-refractivity contribution < 1.29 is 13.5 Å². The molecule has 2 atom stereocenters. The van der Waals surface area contributed by atoms with Crippen LogP contribution in [0, 0.1) is 5.41 Å². The number of hydrogen-bond donors (Lipinski definition) is 1.